The average Bonchev–Trinajstić information content (AvgIpc) is 2.96. The minimum Gasteiger partial charge on any atom is -0.382 e. The highest BCUT2D eigenvalue weighted by Crippen LogP contribution is 2.27. The van der Waals surface area contributed by atoms with E-state index >= 15 is 0 Å². The molecular formula is C16H21N3. The Morgan fingerprint density at radius 1 is 1.26 bits per heavy atom. The Hall–Kier alpha value is -1.77. The lowest BCUT2D eigenvalue weighted by Crippen LogP contribution is -2.30. The highest BCUT2D eigenvalue weighted by atomic mass is 15.0. The topological polar surface area (TPSA) is 29.9 Å². The van der Waals surface area contributed by atoms with Crippen LogP contribution >= 0.6 is 0 Å². The first-order chi connectivity index (χ1) is 9.33. The average molecular weight is 255 g/mol. The third kappa shape index (κ3) is 2.80. The molecule has 2 unspecified atom stereocenters. The van der Waals surface area contributed by atoms with E-state index in [0.717, 1.165) is 11.6 Å². The van der Waals surface area contributed by atoms with E-state index in [1.165, 1.54) is 31.4 Å². The first-order valence-electron chi connectivity index (χ1n) is 7.18. The van der Waals surface area contributed by atoms with E-state index in [2.05, 4.69) is 41.5 Å². The van der Waals surface area contributed by atoms with Crippen LogP contribution in [0.5, 0.6) is 0 Å². The van der Waals surface area contributed by atoms with Crippen LogP contribution in [-0.2, 0) is 0 Å². The highest BCUT2D eigenvalue weighted by Gasteiger charge is 2.20. The van der Waals surface area contributed by atoms with Gasteiger partial charge in [0, 0.05) is 29.8 Å². The normalized spacial score (nSPS) is 23.2. The Bertz CT molecular complexity index is 519. The number of rotatable bonds is 3. The van der Waals surface area contributed by atoms with Crippen LogP contribution in [0, 0.1) is 5.92 Å². The molecule has 3 rings (SSSR count). The number of hydrogen-bond donors (Lipinski definition) is 1. The lowest BCUT2D eigenvalue weighted by molar-refractivity contribution is 0.349. The van der Waals surface area contributed by atoms with E-state index in [9.17, 15) is 0 Å². The van der Waals surface area contributed by atoms with Crippen LogP contribution in [0.2, 0.25) is 0 Å². The molecule has 0 bridgehead atoms. The molecule has 1 fully saturated rings. The maximum atomic E-state index is 4.10. The van der Waals surface area contributed by atoms with E-state index < -0.39 is 0 Å². The monoisotopic (exact) mass is 255 g/mol. The second kappa shape index (κ2) is 5.47. The third-order valence-electron chi connectivity index (χ3n) is 4.11. The van der Waals surface area contributed by atoms with E-state index in [4.69, 9.17) is 0 Å². The second-order valence-corrected chi connectivity index (χ2v) is 5.53. The van der Waals surface area contributed by atoms with Crippen molar-refractivity contribution in [1.82, 2.24) is 9.55 Å². The molecule has 2 aromatic rings. The molecule has 0 radical (unpaired) electrons. The number of nitrogens with zero attached hydrogens (tertiary/aromatic N) is 2. The summed E-state index contributed by atoms with van der Waals surface area (Å²) in [5, 5.41) is 3.70. The van der Waals surface area contributed by atoms with Crippen molar-refractivity contribution in [3.63, 3.8) is 0 Å². The molecule has 1 aromatic heterocycles. The molecular weight excluding hydrogens is 234 g/mol. The van der Waals surface area contributed by atoms with Crippen LogP contribution in [0.25, 0.3) is 5.69 Å². The number of hydrogen-bond acceptors (Lipinski definition) is 2. The molecule has 100 valence electrons. The van der Waals surface area contributed by atoms with Crippen molar-refractivity contribution in [2.75, 3.05) is 5.32 Å². The van der Waals surface area contributed by atoms with Crippen LogP contribution < -0.4 is 5.32 Å². The highest BCUT2D eigenvalue weighted by molar-refractivity contribution is 5.51. The molecule has 0 saturated heterocycles. The molecule has 2 atom stereocenters. The van der Waals surface area contributed by atoms with Crippen molar-refractivity contribution in [2.45, 2.75) is 38.6 Å². The molecule has 1 heterocycles. The zero-order valence-electron chi connectivity index (χ0n) is 11.4. The van der Waals surface area contributed by atoms with Crippen molar-refractivity contribution in [3.8, 4) is 5.69 Å². The molecule has 3 nitrogen and oxygen atoms in total. The fraction of sp³-hybridized carbons (Fsp3) is 0.438. The molecule has 0 amide bonds. The maximum Gasteiger partial charge on any atom is 0.0991 e. The van der Waals surface area contributed by atoms with E-state index in [1.807, 2.05) is 23.3 Å². The fourth-order valence-electron chi connectivity index (χ4n) is 2.91. The van der Waals surface area contributed by atoms with Crippen molar-refractivity contribution in [2.24, 2.45) is 5.92 Å². The van der Waals surface area contributed by atoms with Gasteiger partial charge >= 0.3 is 0 Å². The number of anilines is 1. The zero-order valence-corrected chi connectivity index (χ0v) is 11.4. The smallest absolute Gasteiger partial charge is 0.0991 e. The van der Waals surface area contributed by atoms with Gasteiger partial charge in [-0.25, -0.2) is 4.98 Å². The first kappa shape index (κ1) is 12.3. The Morgan fingerprint density at radius 2 is 2.16 bits per heavy atom. The van der Waals surface area contributed by atoms with Gasteiger partial charge in [0.25, 0.3) is 0 Å². The summed E-state index contributed by atoms with van der Waals surface area (Å²) in [6.45, 7) is 2.36. The lowest BCUT2D eigenvalue weighted by atomic mass is 9.86. The number of imidazole rings is 1. The molecule has 1 aliphatic rings. The van der Waals surface area contributed by atoms with Gasteiger partial charge in [-0.2, -0.15) is 0 Å². The Morgan fingerprint density at radius 3 is 2.95 bits per heavy atom. The quantitative estimate of drug-likeness (QED) is 0.902. The van der Waals surface area contributed by atoms with Gasteiger partial charge in [-0.3, -0.25) is 0 Å². The number of nitrogens with one attached hydrogen (secondary N) is 1. The summed E-state index contributed by atoms with van der Waals surface area (Å²) in [6, 6.07) is 9.18. The summed E-state index contributed by atoms with van der Waals surface area (Å²) >= 11 is 0. The SMILES string of the molecule is CC1CCCCC1Nc1cccc(-n2ccnc2)c1. The minimum atomic E-state index is 0.617. The van der Waals surface area contributed by atoms with Crippen molar-refractivity contribution in [3.05, 3.63) is 43.0 Å². The summed E-state index contributed by atoms with van der Waals surface area (Å²) in [5.41, 5.74) is 2.37. The Kier molecular flexibility index (Phi) is 3.53. The van der Waals surface area contributed by atoms with Crippen molar-refractivity contribution >= 4 is 5.69 Å². The molecule has 1 aliphatic carbocycles. The Balaban J connectivity index is 1.76. The molecule has 0 aliphatic heterocycles. The number of benzene rings is 1. The molecule has 1 aromatic carbocycles. The molecule has 1 saturated carbocycles. The van der Waals surface area contributed by atoms with Crippen LogP contribution in [0.15, 0.2) is 43.0 Å². The summed E-state index contributed by atoms with van der Waals surface area (Å²) in [4.78, 5) is 4.10. The van der Waals surface area contributed by atoms with Crippen LogP contribution in [-0.4, -0.2) is 15.6 Å². The summed E-state index contributed by atoms with van der Waals surface area (Å²) in [7, 11) is 0. The van der Waals surface area contributed by atoms with Gasteiger partial charge in [0.2, 0.25) is 0 Å². The predicted octanol–water partition coefficient (Wildman–Crippen LogP) is 3.86. The molecule has 19 heavy (non-hydrogen) atoms. The van der Waals surface area contributed by atoms with Crippen molar-refractivity contribution in [1.29, 1.82) is 0 Å². The summed E-state index contributed by atoms with van der Waals surface area (Å²) in [5.74, 6) is 0.769. The van der Waals surface area contributed by atoms with Gasteiger partial charge < -0.3 is 9.88 Å². The van der Waals surface area contributed by atoms with Gasteiger partial charge in [-0.05, 0) is 37.0 Å². The number of aromatic nitrogens is 2. The van der Waals surface area contributed by atoms with E-state index in [0.29, 0.717) is 6.04 Å². The van der Waals surface area contributed by atoms with E-state index in [-0.39, 0.29) is 0 Å². The minimum absolute atomic E-state index is 0.617. The Labute approximate surface area is 114 Å². The standard InChI is InChI=1S/C16H21N3/c1-13-5-2-3-8-16(13)18-14-6-4-7-15(11-14)19-10-9-17-12-19/h4,6-7,9-13,16,18H,2-3,5,8H2,1H3. The largest absolute Gasteiger partial charge is 0.382 e. The van der Waals surface area contributed by atoms with Gasteiger partial charge in [-0.1, -0.05) is 25.8 Å². The maximum absolute atomic E-state index is 4.10. The zero-order chi connectivity index (χ0) is 13.1. The predicted molar refractivity (Wildman–Crippen MR) is 78.6 cm³/mol. The lowest BCUT2D eigenvalue weighted by Gasteiger charge is -2.30. The molecule has 1 N–H and O–H groups in total. The van der Waals surface area contributed by atoms with Gasteiger partial charge in [0.15, 0.2) is 0 Å². The first-order valence-corrected chi connectivity index (χ1v) is 7.18. The van der Waals surface area contributed by atoms with Crippen LogP contribution in [0.4, 0.5) is 5.69 Å². The molecule has 0 spiro atoms. The van der Waals surface area contributed by atoms with Gasteiger partial charge in [-0.15, -0.1) is 0 Å². The third-order valence-corrected chi connectivity index (χ3v) is 4.11. The van der Waals surface area contributed by atoms with Gasteiger partial charge in [0.05, 0.1) is 6.33 Å². The second-order valence-electron chi connectivity index (χ2n) is 5.53. The van der Waals surface area contributed by atoms with Crippen LogP contribution in [0.3, 0.4) is 0 Å². The fourth-order valence-corrected chi connectivity index (χ4v) is 2.91. The van der Waals surface area contributed by atoms with Gasteiger partial charge in [0.1, 0.15) is 0 Å². The summed E-state index contributed by atoms with van der Waals surface area (Å²) in [6.07, 6.45) is 11.0. The van der Waals surface area contributed by atoms with Crippen LogP contribution in [0.1, 0.15) is 32.6 Å². The van der Waals surface area contributed by atoms with Crippen molar-refractivity contribution < 1.29 is 0 Å². The molecule has 3 heteroatoms. The summed E-state index contributed by atoms with van der Waals surface area (Å²) < 4.78 is 2.04. The van der Waals surface area contributed by atoms with E-state index in [1.54, 1.807) is 0 Å².